The van der Waals surface area contributed by atoms with Crippen LogP contribution in [0.25, 0.3) is 11.1 Å². The first kappa shape index (κ1) is 15.5. The Labute approximate surface area is 133 Å². The number of fused-ring (bicyclic) bond motifs is 1. The molecule has 122 valence electrons. The first-order chi connectivity index (χ1) is 10.9. The Bertz CT molecular complexity index is 781. The minimum absolute atomic E-state index is 0.140. The predicted molar refractivity (Wildman–Crippen MR) is 82.3 cm³/mol. The number of hydrogen-bond donors (Lipinski definition) is 1. The van der Waals surface area contributed by atoms with E-state index < -0.39 is 11.9 Å². The van der Waals surface area contributed by atoms with Crippen molar-refractivity contribution in [3.05, 3.63) is 23.0 Å². The number of aryl methyl sites for hydroxylation is 1. The van der Waals surface area contributed by atoms with Gasteiger partial charge < -0.3 is 14.5 Å². The number of aliphatic carboxylic acids is 1. The highest BCUT2D eigenvalue weighted by Crippen LogP contribution is 2.28. The van der Waals surface area contributed by atoms with E-state index in [0.29, 0.717) is 35.3 Å². The molecule has 0 aromatic carbocycles. The monoisotopic (exact) mass is 317 g/mol. The number of pyridine rings is 1. The fourth-order valence-electron chi connectivity index (χ4n) is 2.89. The van der Waals surface area contributed by atoms with Crippen molar-refractivity contribution < 1.29 is 19.2 Å². The van der Waals surface area contributed by atoms with Gasteiger partial charge in [0.2, 0.25) is 0 Å². The third-order valence-corrected chi connectivity index (χ3v) is 4.28. The van der Waals surface area contributed by atoms with Crippen molar-refractivity contribution in [1.82, 2.24) is 15.0 Å². The van der Waals surface area contributed by atoms with Crippen LogP contribution >= 0.6 is 0 Å². The largest absolute Gasteiger partial charge is 0.481 e. The minimum Gasteiger partial charge on any atom is -0.481 e. The van der Waals surface area contributed by atoms with Crippen LogP contribution in [0, 0.1) is 12.8 Å². The molecule has 1 fully saturated rings. The van der Waals surface area contributed by atoms with Crippen LogP contribution in [0.4, 0.5) is 0 Å². The van der Waals surface area contributed by atoms with Gasteiger partial charge in [-0.2, -0.15) is 0 Å². The van der Waals surface area contributed by atoms with E-state index in [0.717, 1.165) is 5.69 Å². The summed E-state index contributed by atoms with van der Waals surface area (Å²) in [6, 6.07) is 1.77. The third-order valence-electron chi connectivity index (χ3n) is 4.28. The number of hydrogen-bond acceptors (Lipinski definition) is 5. The molecule has 1 N–H and O–H groups in total. The van der Waals surface area contributed by atoms with Crippen LogP contribution in [0.2, 0.25) is 0 Å². The minimum atomic E-state index is -0.857. The van der Waals surface area contributed by atoms with Gasteiger partial charge in [-0.25, -0.2) is 4.98 Å². The Hall–Kier alpha value is -2.44. The Morgan fingerprint density at radius 3 is 2.78 bits per heavy atom. The molecular weight excluding hydrogens is 298 g/mol. The maximum absolute atomic E-state index is 12.9. The van der Waals surface area contributed by atoms with E-state index in [-0.39, 0.29) is 18.4 Å². The highest BCUT2D eigenvalue weighted by atomic mass is 16.5. The molecule has 3 heterocycles. The molecule has 0 bridgehead atoms. The molecule has 0 saturated carbocycles. The summed E-state index contributed by atoms with van der Waals surface area (Å²) in [6.45, 7) is 6.42. The molecule has 2 aromatic rings. The first-order valence-electron chi connectivity index (χ1n) is 7.67. The second-order valence-corrected chi connectivity index (χ2v) is 6.27. The summed E-state index contributed by atoms with van der Waals surface area (Å²) in [6.07, 6.45) is 0.481. The summed E-state index contributed by atoms with van der Waals surface area (Å²) in [4.78, 5) is 30.0. The van der Waals surface area contributed by atoms with Gasteiger partial charge in [0.05, 0.1) is 22.6 Å². The van der Waals surface area contributed by atoms with E-state index in [1.165, 1.54) is 0 Å². The summed E-state index contributed by atoms with van der Waals surface area (Å²) >= 11 is 0. The number of rotatable bonds is 3. The van der Waals surface area contributed by atoms with Crippen LogP contribution in [-0.2, 0) is 4.79 Å². The Kier molecular flexibility index (Phi) is 3.79. The quantitative estimate of drug-likeness (QED) is 0.932. The van der Waals surface area contributed by atoms with Crippen molar-refractivity contribution in [2.45, 2.75) is 33.1 Å². The van der Waals surface area contributed by atoms with Crippen LogP contribution in [0.1, 0.15) is 47.9 Å². The molecule has 1 amide bonds. The highest BCUT2D eigenvalue weighted by Gasteiger charge is 2.33. The van der Waals surface area contributed by atoms with Crippen LogP contribution < -0.4 is 0 Å². The molecule has 1 aliphatic rings. The fraction of sp³-hybridized carbons (Fsp3) is 0.500. The topological polar surface area (TPSA) is 96.5 Å². The second-order valence-electron chi connectivity index (χ2n) is 6.27. The van der Waals surface area contributed by atoms with Gasteiger partial charge in [0.25, 0.3) is 11.6 Å². The number of carboxylic acid groups (broad SMARTS) is 1. The lowest BCUT2D eigenvalue weighted by atomic mass is 10.0. The van der Waals surface area contributed by atoms with E-state index in [9.17, 15) is 9.59 Å². The van der Waals surface area contributed by atoms with Crippen molar-refractivity contribution in [2.75, 3.05) is 13.1 Å². The van der Waals surface area contributed by atoms with Gasteiger partial charge in [-0.15, -0.1) is 0 Å². The number of nitrogens with zero attached hydrogens (tertiary/aromatic N) is 3. The number of likely N-dealkylation sites (tertiary alicyclic amines) is 1. The van der Waals surface area contributed by atoms with E-state index in [1.54, 1.807) is 17.9 Å². The van der Waals surface area contributed by atoms with Gasteiger partial charge >= 0.3 is 5.97 Å². The van der Waals surface area contributed by atoms with Crippen molar-refractivity contribution in [3.8, 4) is 0 Å². The average Bonchev–Trinajstić information content (AvgIpc) is 3.13. The Balaban J connectivity index is 2.02. The lowest BCUT2D eigenvalue weighted by molar-refractivity contribution is -0.141. The fourth-order valence-corrected chi connectivity index (χ4v) is 2.89. The summed E-state index contributed by atoms with van der Waals surface area (Å²) in [7, 11) is 0. The average molecular weight is 317 g/mol. The zero-order chi connectivity index (χ0) is 16.7. The van der Waals surface area contributed by atoms with E-state index in [4.69, 9.17) is 9.63 Å². The van der Waals surface area contributed by atoms with Crippen molar-refractivity contribution >= 4 is 23.0 Å². The zero-order valence-electron chi connectivity index (χ0n) is 13.4. The standard InChI is InChI=1S/C16H19N3O4/c1-8(2)12-6-11(13-9(3)18-23-14(13)17-12)15(20)19-5-4-10(7-19)16(21)22/h6,8,10H,4-5,7H2,1-3H3,(H,21,22)/t10-/m1/s1. The molecule has 23 heavy (non-hydrogen) atoms. The SMILES string of the molecule is Cc1noc2nc(C(C)C)cc(C(=O)N3CC[C@@H](C(=O)O)C3)c12. The first-order valence-corrected chi connectivity index (χ1v) is 7.67. The summed E-state index contributed by atoms with van der Waals surface area (Å²) in [5.41, 5.74) is 2.21. The third kappa shape index (κ3) is 2.67. The number of carbonyl (C=O) groups excluding carboxylic acids is 1. The smallest absolute Gasteiger partial charge is 0.308 e. The molecule has 1 aliphatic heterocycles. The lowest BCUT2D eigenvalue weighted by Crippen LogP contribution is -2.30. The van der Waals surface area contributed by atoms with Crippen molar-refractivity contribution in [2.24, 2.45) is 5.92 Å². The number of carbonyl (C=O) groups is 2. The molecule has 0 spiro atoms. The van der Waals surface area contributed by atoms with Crippen LogP contribution in [-0.4, -0.2) is 45.1 Å². The van der Waals surface area contributed by atoms with E-state index >= 15 is 0 Å². The van der Waals surface area contributed by atoms with Crippen LogP contribution in [0.15, 0.2) is 10.6 Å². The summed E-state index contributed by atoms with van der Waals surface area (Å²) in [5, 5.41) is 13.6. The summed E-state index contributed by atoms with van der Waals surface area (Å²) in [5.74, 6) is -1.40. The van der Waals surface area contributed by atoms with Gasteiger partial charge in [-0.05, 0) is 25.3 Å². The number of aromatic nitrogens is 2. The molecule has 2 aromatic heterocycles. The van der Waals surface area contributed by atoms with E-state index in [2.05, 4.69) is 10.1 Å². The maximum atomic E-state index is 12.9. The molecule has 0 aliphatic carbocycles. The molecule has 1 saturated heterocycles. The molecule has 7 nitrogen and oxygen atoms in total. The molecular formula is C16H19N3O4. The Morgan fingerprint density at radius 1 is 1.43 bits per heavy atom. The number of carboxylic acids is 1. The van der Waals surface area contributed by atoms with Crippen molar-refractivity contribution in [1.29, 1.82) is 0 Å². The molecule has 7 heteroatoms. The normalized spacial score (nSPS) is 18.1. The lowest BCUT2D eigenvalue weighted by Gasteiger charge is -2.17. The second kappa shape index (κ2) is 5.64. The van der Waals surface area contributed by atoms with Gasteiger partial charge in [-0.3, -0.25) is 9.59 Å². The maximum Gasteiger partial charge on any atom is 0.308 e. The van der Waals surface area contributed by atoms with Crippen LogP contribution in [0.3, 0.4) is 0 Å². The number of amides is 1. The van der Waals surface area contributed by atoms with Gasteiger partial charge in [0.1, 0.15) is 0 Å². The van der Waals surface area contributed by atoms with Gasteiger partial charge in [0.15, 0.2) is 0 Å². The van der Waals surface area contributed by atoms with E-state index in [1.807, 2.05) is 13.8 Å². The predicted octanol–water partition coefficient (Wildman–Crippen LogP) is 2.20. The molecule has 0 unspecified atom stereocenters. The van der Waals surface area contributed by atoms with Gasteiger partial charge in [0, 0.05) is 18.8 Å². The zero-order valence-corrected chi connectivity index (χ0v) is 13.4. The highest BCUT2D eigenvalue weighted by molar-refractivity contribution is 6.06. The summed E-state index contributed by atoms with van der Waals surface area (Å²) < 4.78 is 5.23. The molecule has 1 atom stereocenters. The van der Waals surface area contributed by atoms with Gasteiger partial charge in [-0.1, -0.05) is 19.0 Å². The van der Waals surface area contributed by atoms with Crippen LogP contribution in [0.5, 0.6) is 0 Å². The Morgan fingerprint density at radius 2 is 2.17 bits per heavy atom. The molecule has 3 rings (SSSR count). The molecule has 0 radical (unpaired) electrons. The van der Waals surface area contributed by atoms with Crippen molar-refractivity contribution in [3.63, 3.8) is 0 Å².